The number of aromatic nitrogens is 2. The summed E-state index contributed by atoms with van der Waals surface area (Å²) in [6.45, 7) is 0.557. The lowest BCUT2D eigenvalue weighted by atomic mass is 10.1. The minimum atomic E-state index is -2.88. The largest absolute Gasteiger partial charge is 0.391 e. The van der Waals surface area contributed by atoms with E-state index in [1.54, 1.807) is 0 Å². The lowest BCUT2D eigenvalue weighted by Crippen LogP contribution is -2.26. The number of sulfone groups is 1. The van der Waals surface area contributed by atoms with Gasteiger partial charge >= 0.3 is 0 Å². The summed E-state index contributed by atoms with van der Waals surface area (Å²) in [4.78, 5) is 4.37. The fourth-order valence-electron chi connectivity index (χ4n) is 2.78. The lowest BCUT2D eigenvalue weighted by Gasteiger charge is -2.22. The minimum Gasteiger partial charge on any atom is -0.391 e. The molecule has 1 aromatic heterocycles. The second-order valence-corrected chi connectivity index (χ2v) is 7.24. The molecule has 0 aromatic carbocycles. The molecule has 2 atom stereocenters. The summed E-state index contributed by atoms with van der Waals surface area (Å²) in [5.74, 6) is 1.33. The van der Waals surface area contributed by atoms with Crippen molar-refractivity contribution >= 4 is 9.84 Å². The van der Waals surface area contributed by atoms with Gasteiger partial charge in [0, 0.05) is 17.8 Å². The van der Waals surface area contributed by atoms with Gasteiger partial charge in [-0.3, -0.25) is 0 Å². The number of nitrogens with zero attached hydrogens (tertiary/aromatic N) is 2. The Labute approximate surface area is 100 Å². The van der Waals surface area contributed by atoms with E-state index in [1.807, 2.05) is 10.8 Å². The quantitative estimate of drug-likeness (QED) is 0.773. The first-order valence-electron chi connectivity index (χ1n) is 5.98. The molecule has 3 rings (SSSR count). The number of hydrogen-bond acceptors (Lipinski definition) is 4. The molecule has 1 aromatic rings. The van der Waals surface area contributed by atoms with E-state index in [4.69, 9.17) is 0 Å². The predicted octanol–water partition coefficient (Wildman–Crippen LogP) is 0.0923. The van der Waals surface area contributed by atoms with E-state index in [2.05, 4.69) is 4.98 Å². The van der Waals surface area contributed by atoms with Crippen LogP contribution >= 0.6 is 0 Å². The van der Waals surface area contributed by atoms with Crippen molar-refractivity contribution in [1.29, 1.82) is 0 Å². The Bertz CT molecular complexity index is 535. The van der Waals surface area contributed by atoms with Crippen LogP contribution in [0.4, 0.5) is 0 Å². The Kier molecular flexibility index (Phi) is 2.52. The maximum Gasteiger partial charge on any atom is 0.151 e. The third-order valence-electron chi connectivity index (χ3n) is 3.69. The minimum absolute atomic E-state index is 0.0130. The van der Waals surface area contributed by atoms with Crippen LogP contribution in [0.3, 0.4) is 0 Å². The van der Waals surface area contributed by atoms with Gasteiger partial charge in [0.2, 0.25) is 0 Å². The molecule has 3 heterocycles. The Morgan fingerprint density at radius 1 is 1.41 bits per heavy atom. The molecule has 1 N–H and O–H groups in total. The number of imidazole rings is 1. The van der Waals surface area contributed by atoms with Crippen LogP contribution in [0.2, 0.25) is 0 Å². The standard InChI is InChI=1S/C11H16N2O3S/c14-10-2-1-9-5-12-11(13(9)6-10)8-3-4-17(15,16)7-8/h5,8,10,14H,1-4,6-7H2. The van der Waals surface area contributed by atoms with Gasteiger partial charge in [0.15, 0.2) is 9.84 Å². The average Bonchev–Trinajstić information content (AvgIpc) is 2.81. The first-order valence-corrected chi connectivity index (χ1v) is 7.80. The smallest absolute Gasteiger partial charge is 0.151 e. The van der Waals surface area contributed by atoms with E-state index < -0.39 is 9.84 Å². The normalized spacial score (nSPS) is 31.4. The highest BCUT2D eigenvalue weighted by atomic mass is 32.2. The fourth-order valence-corrected chi connectivity index (χ4v) is 4.52. The highest BCUT2D eigenvalue weighted by Crippen LogP contribution is 2.30. The molecule has 2 aliphatic rings. The van der Waals surface area contributed by atoms with E-state index >= 15 is 0 Å². The molecule has 1 saturated heterocycles. The average molecular weight is 256 g/mol. The summed E-state index contributed by atoms with van der Waals surface area (Å²) in [6, 6.07) is 0. The number of hydrogen-bond donors (Lipinski definition) is 1. The van der Waals surface area contributed by atoms with Gasteiger partial charge in [-0.2, -0.15) is 0 Å². The van der Waals surface area contributed by atoms with Gasteiger partial charge < -0.3 is 9.67 Å². The van der Waals surface area contributed by atoms with Crippen molar-refractivity contribution in [2.75, 3.05) is 11.5 Å². The molecule has 17 heavy (non-hydrogen) atoms. The molecule has 2 unspecified atom stereocenters. The monoisotopic (exact) mass is 256 g/mol. The molecule has 0 aliphatic carbocycles. The molecule has 6 heteroatoms. The maximum atomic E-state index is 11.5. The van der Waals surface area contributed by atoms with E-state index in [0.717, 1.165) is 24.4 Å². The lowest BCUT2D eigenvalue weighted by molar-refractivity contribution is 0.129. The van der Waals surface area contributed by atoms with Crippen molar-refractivity contribution < 1.29 is 13.5 Å². The molecular formula is C11H16N2O3S. The van der Waals surface area contributed by atoms with Crippen LogP contribution in [-0.4, -0.2) is 40.7 Å². The van der Waals surface area contributed by atoms with E-state index in [-0.39, 0.29) is 23.5 Å². The summed E-state index contributed by atoms with van der Waals surface area (Å²) in [7, 11) is -2.88. The molecule has 2 aliphatic heterocycles. The van der Waals surface area contributed by atoms with E-state index in [9.17, 15) is 13.5 Å². The zero-order valence-electron chi connectivity index (χ0n) is 9.54. The van der Waals surface area contributed by atoms with Gasteiger partial charge in [-0.15, -0.1) is 0 Å². The second-order valence-electron chi connectivity index (χ2n) is 5.01. The van der Waals surface area contributed by atoms with Gasteiger partial charge in [0.05, 0.1) is 24.2 Å². The summed E-state index contributed by atoms with van der Waals surface area (Å²) < 4.78 is 25.0. The Hall–Kier alpha value is -0.880. The van der Waals surface area contributed by atoms with E-state index in [0.29, 0.717) is 13.0 Å². The van der Waals surface area contributed by atoms with Crippen LogP contribution in [0.25, 0.3) is 0 Å². The summed E-state index contributed by atoms with van der Waals surface area (Å²) >= 11 is 0. The first kappa shape index (κ1) is 11.2. The van der Waals surface area contributed by atoms with Crippen molar-refractivity contribution in [2.45, 2.75) is 37.8 Å². The Balaban J connectivity index is 1.92. The molecule has 1 fully saturated rings. The third kappa shape index (κ3) is 1.99. The van der Waals surface area contributed by atoms with Gasteiger partial charge in [0.1, 0.15) is 5.82 Å². The number of aliphatic hydroxyl groups is 1. The fraction of sp³-hybridized carbons (Fsp3) is 0.727. The Morgan fingerprint density at radius 3 is 2.94 bits per heavy atom. The number of aliphatic hydroxyl groups excluding tert-OH is 1. The molecular weight excluding hydrogens is 240 g/mol. The molecule has 94 valence electrons. The first-order chi connectivity index (χ1) is 8.05. The van der Waals surface area contributed by atoms with Crippen LogP contribution in [0.5, 0.6) is 0 Å². The second kappa shape index (κ2) is 3.81. The van der Waals surface area contributed by atoms with Crippen LogP contribution in [0.15, 0.2) is 6.20 Å². The van der Waals surface area contributed by atoms with Crippen molar-refractivity contribution in [3.05, 3.63) is 17.7 Å². The number of aryl methyl sites for hydroxylation is 1. The molecule has 0 bridgehead atoms. The predicted molar refractivity (Wildman–Crippen MR) is 62.6 cm³/mol. The van der Waals surface area contributed by atoms with Crippen LogP contribution < -0.4 is 0 Å². The summed E-state index contributed by atoms with van der Waals surface area (Å²) in [6.07, 6.45) is 3.76. The topological polar surface area (TPSA) is 72.2 Å². The molecule has 0 amide bonds. The van der Waals surface area contributed by atoms with Crippen LogP contribution in [-0.2, 0) is 22.8 Å². The van der Waals surface area contributed by atoms with Crippen LogP contribution in [0.1, 0.15) is 30.3 Å². The summed E-state index contributed by atoms with van der Waals surface area (Å²) in [5.41, 5.74) is 1.12. The molecule has 0 spiro atoms. The number of rotatable bonds is 1. The van der Waals surface area contributed by atoms with Crippen molar-refractivity contribution in [3.63, 3.8) is 0 Å². The van der Waals surface area contributed by atoms with Gasteiger partial charge in [-0.1, -0.05) is 0 Å². The SMILES string of the molecule is O=S1(=O)CCC(c2ncc3n2CC(O)CC3)C1. The van der Waals surface area contributed by atoms with E-state index in [1.165, 1.54) is 0 Å². The zero-order valence-corrected chi connectivity index (χ0v) is 10.4. The Morgan fingerprint density at radius 2 is 2.24 bits per heavy atom. The maximum absolute atomic E-state index is 11.5. The zero-order chi connectivity index (χ0) is 12.0. The molecule has 0 radical (unpaired) electrons. The third-order valence-corrected chi connectivity index (χ3v) is 5.46. The molecule has 0 saturated carbocycles. The number of fused-ring (bicyclic) bond motifs is 1. The van der Waals surface area contributed by atoms with Gasteiger partial charge in [-0.25, -0.2) is 13.4 Å². The highest BCUT2D eigenvalue weighted by molar-refractivity contribution is 7.91. The van der Waals surface area contributed by atoms with Crippen molar-refractivity contribution in [2.24, 2.45) is 0 Å². The summed E-state index contributed by atoms with van der Waals surface area (Å²) in [5, 5.41) is 9.68. The van der Waals surface area contributed by atoms with Crippen molar-refractivity contribution in [3.8, 4) is 0 Å². The van der Waals surface area contributed by atoms with Gasteiger partial charge in [0.25, 0.3) is 0 Å². The van der Waals surface area contributed by atoms with Crippen LogP contribution in [0, 0.1) is 0 Å². The molecule has 5 nitrogen and oxygen atoms in total. The van der Waals surface area contributed by atoms with Gasteiger partial charge in [-0.05, 0) is 19.3 Å². The van der Waals surface area contributed by atoms with Crippen molar-refractivity contribution in [1.82, 2.24) is 9.55 Å². The highest BCUT2D eigenvalue weighted by Gasteiger charge is 2.33.